The molecule has 1 atom stereocenters. The highest BCUT2D eigenvalue weighted by Crippen LogP contribution is 2.10. The first-order valence-electron chi connectivity index (χ1n) is 3.91. The highest BCUT2D eigenvalue weighted by molar-refractivity contribution is 5.50. The summed E-state index contributed by atoms with van der Waals surface area (Å²) in [6, 6.07) is 7.06. The summed E-state index contributed by atoms with van der Waals surface area (Å²) in [5.74, 6) is 0.285. The van der Waals surface area contributed by atoms with Crippen LogP contribution in [0.5, 0.6) is 5.75 Å². The maximum absolute atomic E-state index is 8.99. The van der Waals surface area contributed by atoms with Gasteiger partial charge in [0.15, 0.2) is 0 Å². The van der Waals surface area contributed by atoms with Crippen molar-refractivity contribution in [2.45, 2.75) is 13.0 Å². The summed E-state index contributed by atoms with van der Waals surface area (Å²) in [5, 5.41) is 8.99. The SMILES string of the molecule is CC(N)/C=C/c1ccc(O)cc1. The van der Waals surface area contributed by atoms with E-state index in [0.29, 0.717) is 0 Å². The minimum absolute atomic E-state index is 0.0683. The maximum Gasteiger partial charge on any atom is 0.115 e. The van der Waals surface area contributed by atoms with Crippen molar-refractivity contribution in [1.29, 1.82) is 0 Å². The first-order valence-corrected chi connectivity index (χ1v) is 3.91. The second kappa shape index (κ2) is 3.93. The molecule has 0 spiro atoms. The molecule has 0 saturated carbocycles. The fourth-order valence-electron chi connectivity index (χ4n) is 0.848. The van der Waals surface area contributed by atoms with Gasteiger partial charge in [0.05, 0.1) is 0 Å². The number of phenols is 1. The van der Waals surface area contributed by atoms with E-state index in [1.165, 1.54) is 0 Å². The summed E-state index contributed by atoms with van der Waals surface area (Å²) >= 11 is 0. The van der Waals surface area contributed by atoms with Gasteiger partial charge in [-0.05, 0) is 24.6 Å². The molecule has 1 aromatic carbocycles. The number of rotatable bonds is 2. The van der Waals surface area contributed by atoms with Crippen molar-refractivity contribution in [3.63, 3.8) is 0 Å². The smallest absolute Gasteiger partial charge is 0.115 e. The highest BCUT2D eigenvalue weighted by Gasteiger charge is 1.88. The Morgan fingerprint density at radius 2 is 1.92 bits per heavy atom. The van der Waals surface area contributed by atoms with Crippen LogP contribution in [0.3, 0.4) is 0 Å². The van der Waals surface area contributed by atoms with Crippen molar-refractivity contribution in [3.05, 3.63) is 35.9 Å². The predicted molar refractivity (Wildman–Crippen MR) is 50.8 cm³/mol. The molecule has 0 amide bonds. The van der Waals surface area contributed by atoms with Gasteiger partial charge in [0, 0.05) is 6.04 Å². The van der Waals surface area contributed by atoms with Gasteiger partial charge in [0.25, 0.3) is 0 Å². The number of nitrogens with two attached hydrogens (primary N) is 1. The Kier molecular flexibility index (Phi) is 2.88. The van der Waals surface area contributed by atoms with Gasteiger partial charge in [-0.2, -0.15) is 0 Å². The molecule has 0 aliphatic rings. The molecule has 0 aliphatic heterocycles. The van der Waals surface area contributed by atoms with E-state index >= 15 is 0 Å². The van der Waals surface area contributed by atoms with E-state index in [9.17, 15) is 0 Å². The fourth-order valence-corrected chi connectivity index (χ4v) is 0.848. The lowest BCUT2D eigenvalue weighted by atomic mass is 10.2. The zero-order chi connectivity index (χ0) is 8.97. The molecule has 2 heteroatoms. The van der Waals surface area contributed by atoms with Crippen molar-refractivity contribution >= 4 is 6.08 Å². The Morgan fingerprint density at radius 3 is 2.42 bits per heavy atom. The summed E-state index contributed by atoms with van der Waals surface area (Å²) in [5.41, 5.74) is 6.58. The average molecular weight is 163 g/mol. The van der Waals surface area contributed by atoms with Crippen LogP contribution in [0.1, 0.15) is 12.5 Å². The Labute approximate surface area is 72.3 Å². The maximum atomic E-state index is 8.99. The monoisotopic (exact) mass is 163 g/mol. The van der Waals surface area contributed by atoms with Gasteiger partial charge < -0.3 is 10.8 Å². The van der Waals surface area contributed by atoms with Crippen LogP contribution >= 0.6 is 0 Å². The van der Waals surface area contributed by atoms with Crippen molar-refractivity contribution in [3.8, 4) is 5.75 Å². The molecule has 0 heterocycles. The van der Waals surface area contributed by atoms with Crippen LogP contribution in [0.15, 0.2) is 30.3 Å². The standard InChI is InChI=1S/C10H13NO/c1-8(11)2-3-9-4-6-10(12)7-5-9/h2-8,12H,11H2,1H3/b3-2+. The number of phenolic OH excluding ortho intramolecular Hbond substituents is 1. The molecule has 1 unspecified atom stereocenters. The first-order chi connectivity index (χ1) is 5.68. The van der Waals surface area contributed by atoms with Gasteiger partial charge in [0.1, 0.15) is 5.75 Å². The number of benzene rings is 1. The molecular formula is C10H13NO. The molecule has 1 aromatic rings. The second-order valence-electron chi connectivity index (χ2n) is 2.81. The Morgan fingerprint density at radius 1 is 1.33 bits per heavy atom. The average Bonchev–Trinajstić information content (AvgIpc) is 2.03. The third-order valence-electron chi connectivity index (χ3n) is 1.49. The summed E-state index contributed by atoms with van der Waals surface area (Å²) in [4.78, 5) is 0. The molecule has 0 aromatic heterocycles. The van der Waals surface area contributed by atoms with Crippen molar-refractivity contribution in [2.24, 2.45) is 5.73 Å². The van der Waals surface area contributed by atoms with E-state index in [1.807, 2.05) is 31.2 Å². The van der Waals surface area contributed by atoms with E-state index in [1.54, 1.807) is 12.1 Å². The number of hydrogen-bond donors (Lipinski definition) is 2. The summed E-state index contributed by atoms with van der Waals surface area (Å²) < 4.78 is 0. The molecule has 0 fully saturated rings. The molecule has 0 aliphatic carbocycles. The molecule has 2 nitrogen and oxygen atoms in total. The van der Waals surface area contributed by atoms with Gasteiger partial charge >= 0.3 is 0 Å². The van der Waals surface area contributed by atoms with Crippen LogP contribution < -0.4 is 5.73 Å². The highest BCUT2D eigenvalue weighted by atomic mass is 16.3. The Hall–Kier alpha value is -1.28. The minimum atomic E-state index is 0.0683. The van der Waals surface area contributed by atoms with E-state index in [4.69, 9.17) is 10.8 Å². The molecular weight excluding hydrogens is 150 g/mol. The van der Waals surface area contributed by atoms with Crippen LogP contribution in [0.2, 0.25) is 0 Å². The minimum Gasteiger partial charge on any atom is -0.508 e. The van der Waals surface area contributed by atoms with Crippen LogP contribution in [0, 0.1) is 0 Å². The normalized spacial score (nSPS) is 13.5. The first kappa shape index (κ1) is 8.81. The third kappa shape index (κ3) is 2.76. The molecule has 3 N–H and O–H groups in total. The van der Waals surface area contributed by atoms with Gasteiger partial charge in [-0.25, -0.2) is 0 Å². The number of aromatic hydroxyl groups is 1. The largest absolute Gasteiger partial charge is 0.508 e. The third-order valence-corrected chi connectivity index (χ3v) is 1.49. The van der Waals surface area contributed by atoms with Gasteiger partial charge in [-0.1, -0.05) is 24.3 Å². The van der Waals surface area contributed by atoms with Gasteiger partial charge in [0.2, 0.25) is 0 Å². The molecule has 64 valence electrons. The summed E-state index contributed by atoms with van der Waals surface area (Å²) in [6.45, 7) is 1.91. The zero-order valence-corrected chi connectivity index (χ0v) is 7.07. The molecule has 0 radical (unpaired) electrons. The summed E-state index contributed by atoms with van der Waals surface area (Å²) in [7, 11) is 0. The molecule has 0 saturated heterocycles. The topological polar surface area (TPSA) is 46.2 Å². The molecule has 0 bridgehead atoms. The van der Waals surface area contributed by atoms with E-state index in [0.717, 1.165) is 5.56 Å². The predicted octanol–water partition coefficient (Wildman–Crippen LogP) is 1.75. The van der Waals surface area contributed by atoms with E-state index in [-0.39, 0.29) is 11.8 Å². The van der Waals surface area contributed by atoms with Crippen LogP contribution in [0.25, 0.3) is 6.08 Å². The molecule has 12 heavy (non-hydrogen) atoms. The summed E-state index contributed by atoms with van der Waals surface area (Å²) in [6.07, 6.45) is 3.84. The lowest BCUT2D eigenvalue weighted by Crippen LogP contribution is -2.09. The lowest BCUT2D eigenvalue weighted by molar-refractivity contribution is 0.475. The van der Waals surface area contributed by atoms with Crippen molar-refractivity contribution < 1.29 is 5.11 Å². The van der Waals surface area contributed by atoms with Crippen LogP contribution in [-0.4, -0.2) is 11.1 Å². The second-order valence-corrected chi connectivity index (χ2v) is 2.81. The van der Waals surface area contributed by atoms with E-state index in [2.05, 4.69) is 0 Å². The van der Waals surface area contributed by atoms with Crippen molar-refractivity contribution in [1.82, 2.24) is 0 Å². The Bertz CT molecular complexity index is 262. The van der Waals surface area contributed by atoms with Crippen LogP contribution in [-0.2, 0) is 0 Å². The van der Waals surface area contributed by atoms with Gasteiger partial charge in [-0.15, -0.1) is 0 Å². The lowest BCUT2D eigenvalue weighted by Gasteiger charge is -1.96. The fraction of sp³-hybridized carbons (Fsp3) is 0.200. The van der Waals surface area contributed by atoms with Gasteiger partial charge in [-0.3, -0.25) is 0 Å². The van der Waals surface area contributed by atoms with E-state index < -0.39 is 0 Å². The van der Waals surface area contributed by atoms with Crippen molar-refractivity contribution in [2.75, 3.05) is 0 Å². The van der Waals surface area contributed by atoms with Crippen LogP contribution in [0.4, 0.5) is 0 Å². The Balaban J connectivity index is 2.71. The molecule has 1 rings (SSSR count). The number of hydrogen-bond acceptors (Lipinski definition) is 2. The quantitative estimate of drug-likeness (QED) is 0.697. The zero-order valence-electron chi connectivity index (χ0n) is 7.07.